The van der Waals surface area contributed by atoms with Crippen LogP contribution in [0.2, 0.25) is 0 Å². The van der Waals surface area contributed by atoms with Gasteiger partial charge in [-0.2, -0.15) is 0 Å². The van der Waals surface area contributed by atoms with Crippen molar-refractivity contribution in [2.24, 2.45) is 0 Å². The molecular weight excluding hydrogens is 208 g/mol. The monoisotopic (exact) mass is 230 g/mol. The quantitative estimate of drug-likeness (QED) is 0.494. The molecule has 0 aromatic carbocycles. The van der Waals surface area contributed by atoms with Crippen LogP contribution in [0.5, 0.6) is 0 Å². The number of hydrogen-bond donors (Lipinski definition) is 3. The van der Waals surface area contributed by atoms with Gasteiger partial charge in [-0.25, -0.2) is 0 Å². The molecule has 0 aliphatic heterocycles. The summed E-state index contributed by atoms with van der Waals surface area (Å²) >= 11 is 0. The summed E-state index contributed by atoms with van der Waals surface area (Å²) in [5.74, 6) is 0.0229. The van der Waals surface area contributed by atoms with E-state index in [4.69, 9.17) is 5.11 Å². The van der Waals surface area contributed by atoms with Crippen LogP contribution in [0.4, 0.5) is 0 Å². The highest BCUT2D eigenvalue weighted by atomic mass is 16.3. The summed E-state index contributed by atoms with van der Waals surface area (Å²) in [5, 5.41) is 13.9. The lowest BCUT2D eigenvalue weighted by atomic mass is 10.2. The Morgan fingerprint density at radius 3 is 2.31 bits per heavy atom. The molecule has 0 bridgehead atoms. The Hall–Kier alpha value is -1.10. The predicted molar refractivity (Wildman–Crippen MR) is 61.9 cm³/mol. The number of aliphatic hydroxyl groups excluding tert-OH is 1. The number of unbranched alkanes of at least 4 members (excludes halogenated alkanes) is 2. The first-order valence-electron chi connectivity index (χ1n) is 5.79. The van der Waals surface area contributed by atoms with Crippen LogP contribution < -0.4 is 10.6 Å². The van der Waals surface area contributed by atoms with Crippen molar-refractivity contribution in [2.75, 3.05) is 19.7 Å². The minimum absolute atomic E-state index is 0.0123. The van der Waals surface area contributed by atoms with Crippen LogP contribution in [0.15, 0.2) is 0 Å². The summed E-state index contributed by atoms with van der Waals surface area (Å²) in [7, 11) is 0. The molecule has 0 saturated heterocycles. The van der Waals surface area contributed by atoms with Crippen LogP contribution in [0.1, 0.15) is 39.0 Å². The largest absolute Gasteiger partial charge is 0.396 e. The van der Waals surface area contributed by atoms with E-state index in [0.717, 1.165) is 19.3 Å². The van der Waals surface area contributed by atoms with Gasteiger partial charge in [-0.15, -0.1) is 0 Å². The van der Waals surface area contributed by atoms with Gasteiger partial charge in [0, 0.05) is 33.0 Å². The van der Waals surface area contributed by atoms with Crippen molar-refractivity contribution in [3.63, 3.8) is 0 Å². The maximum atomic E-state index is 11.2. The van der Waals surface area contributed by atoms with Gasteiger partial charge in [0.15, 0.2) is 0 Å². The van der Waals surface area contributed by atoms with Crippen LogP contribution in [0.3, 0.4) is 0 Å². The van der Waals surface area contributed by atoms with E-state index in [1.165, 1.54) is 6.92 Å². The van der Waals surface area contributed by atoms with Gasteiger partial charge in [-0.05, 0) is 19.3 Å². The molecule has 0 saturated carbocycles. The van der Waals surface area contributed by atoms with Crippen LogP contribution in [-0.4, -0.2) is 36.6 Å². The number of rotatable bonds is 9. The average Bonchev–Trinajstić information content (AvgIpc) is 2.23. The topological polar surface area (TPSA) is 78.4 Å². The van der Waals surface area contributed by atoms with Crippen molar-refractivity contribution in [3.8, 4) is 0 Å². The highest BCUT2D eigenvalue weighted by molar-refractivity contribution is 5.75. The first-order chi connectivity index (χ1) is 7.66. The van der Waals surface area contributed by atoms with Gasteiger partial charge in [-0.3, -0.25) is 9.59 Å². The minimum Gasteiger partial charge on any atom is -0.396 e. The van der Waals surface area contributed by atoms with E-state index in [2.05, 4.69) is 10.6 Å². The van der Waals surface area contributed by atoms with Gasteiger partial charge in [0.1, 0.15) is 0 Å². The number of hydrogen-bond acceptors (Lipinski definition) is 3. The van der Waals surface area contributed by atoms with Gasteiger partial charge >= 0.3 is 0 Å². The van der Waals surface area contributed by atoms with Crippen molar-refractivity contribution in [3.05, 3.63) is 0 Å². The van der Waals surface area contributed by atoms with Crippen LogP contribution in [-0.2, 0) is 9.59 Å². The first-order valence-corrected chi connectivity index (χ1v) is 5.79. The zero-order valence-electron chi connectivity index (χ0n) is 9.92. The summed E-state index contributed by atoms with van der Waals surface area (Å²) in [5.41, 5.74) is 0. The molecule has 0 unspecified atom stereocenters. The molecule has 5 heteroatoms. The molecule has 16 heavy (non-hydrogen) atoms. The zero-order chi connectivity index (χ0) is 12.2. The molecule has 0 fully saturated rings. The smallest absolute Gasteiger partial charge is 0.219 e. The summed E-state index contributed by atoms with van der Waals surface area (Å²) in [4.78, 5) is 21.7. The molecule has 0 aromatic heterocycles. The Morgan fingerprint density at radius 2 is 1.69 bits per heavy atom. The lowest BCUT2D eigenvalue weighted by molar-refractivity contribution is -0.121. The molecule has 0 aromatic rings. The summed E-state index contributed by atoms with van der Waals surface area (Å²) < 4.78 is 0. The zero-order valence-corrected chi connectivity index (χ0v) is 9.92. The Morgan fingerprint density at radius 1 is 1.00 bits per heavy atom. The van der Waals surface area contributed by atoms with E-state index < -0.39 is 0 Å². The van der Waals surface area contributed by atoms with E-state index >= 15 is 0 Å². The molecule has 0 radical (unpaired) electrons. The maximum absolute atomic E-state index is 11.2. The molecule has 2 amide bonds. The van der Waals surface area contributed by atoms with Crippen molar-refractivity contribution < 1.29 is 14.7 Å². The number of carbonyl (C=O) groups excluding carboxylic acids is 2. The fraction of sp³-hybridized carbons (Fsp3) is 0.818. The van der Waals surface area contributed by atoms with Gasteiger partial charge < -0.3 is 15.7 Å². The van der Waals surface area contributed by atoms with Gasteiger partial charge in [0.05, 0.1) is 0 Å². The molecule has 0 aliphatic rings. The number of nitrogens with one attached hydrogen (secondary N) is 2. The Labute approximate surface area is 96.6 Å². The van der Waals surface area contributed by atoms with Crippen molar-refractivity contribution in [1.82, 2.24) is 10.6 Å². The number of amides is 2. The van der Waals surface area contributed by atoms with Crippen molar-refractivity contribution in [1.29, 1.82) is 0 Å². The highest BCUT2D eigenvalue weighted by Gasteiger charge is 1.99. The molecule has 0 atom stereocenters. The normalized spacial score (nSPS) is 9.88. The standard InChI is InChI=1S/C11H22N2O3/c1-10(15)12-7-4-2-3-6-11(16)13-8-5-9-14/h14H,2-9H2,1H3,(H,12,15)(H,13,16). The number of carbonyl (C=O) groups is 2. The Bertz CT molecular complexity index is 207. The molecule has 0 spiro atoms. The average molecular weight is 230 g/mol. The highest BCUT2D eigenvalue weighted by Crippen LogP contribution is 1.98. The fourth-order valence-corrected chi connectivity index (χ4v) is 1.25. The molecule has 3 N–H and O–H groups in total. The molecule has 0 heterocycles. The predicted octanol–water partition coefficient (Wildman–Crippen LogP) is 0.182. The van der Waals surface area contributed by atoms with Gasteiger partial charge in [0.2, 0.25) is 11.8 Å². The van der Waals surface area contributed by atoms with Crippen LogP contribution in [0, 0.1) is 0 Å². The second-order valence-corrected chi connectivity index (χ2v) is 3.72. The minimum atomic E-state index is -0.0123. The summed E-state index contributed by atoms with van der Waals surface area (Å²) in [6.45, 7) is 2.83. The lowest BCUT2D eigenvalue weighted by Crippen LogP contribution is -2.24. The molecular formula is C11H22N2O3. The van der Waals surface area contributed by atoms with Crippen LogP contribution in [0.25, 0.3) is 0 Å². The van der Waals surface area contributed by atoms with Crippen molar-refractivity contribution in [2.45, 2.75) is 39.0 Å². The molecule has 0 rings (SSSR count). The van der Waals surface area contributed by atoms with E-state index in [1.807, 2.05) is 0 Å². The molecule has 0 aliphatic carbocycles. The van der Waals surface area contributed by atoms with Gasteiger partial charge in [0.25, 0.3) is 0 Å². The van der Waals surface area contributed by atoms with E-state index in [-0.39, 0.29) is 18.4 Å². The van der Waals surface area contributed by atoms with Crippen molar-refractivity contribution >= 4 is 11.8 Å². The Kier molecular flexibility index (Phi) is 9.70. The Balaban J connectivity index is 3.18. The SMILES string of the molecule is CC(=O)NCCCCCC(=O)NCCCO. The lowest BCUT2D eigenvalue weighted by Gasteiger charge is -2.04. The summed E-state index contributed by atoms with van der Waals surface area (Å²) in [6.07, 6.45) is 3.81. The molecule has 94 valence electrons. The fourth-order valence-electron chi connectivity index (χ4n) is 1.25. The van der Waals surface area contributed by atoms with E-state index in [9.17, 15) is 9.59 Å². The number of aliphatic hydroxyl groups is 1. The third-order valence-electron chi connectivity index (χ3n) is 2.11. The third-order valence-corrected chi connectivity index (χ3v) is 2.11. The second-order valence-electron chi connectivity index (χ2n) is 3.72. The summed E-state index contributed by atoms with van der Waals surface area (Å²) in [6, 6.07) is 0. The first kappa shape index (κ1) is 14.9. The van der Waals surface area contributed by atoms with Gasteiger partial charge in [-0.1, -0.05) is 6.42 Å². The second kappa shape index (κ2) is 10.4. The van der Waals surface area contributed by atoms with E-state index in [0.29, 0.717) is 25.9 Å². The third kappa shape index (κ3) is 11.0. The maximum Gasteiger partial charge on any atom is 0.219 e. The van der Waals surface area contributed by atoms with Crippen LogP contribution >= 0.6 is 0 Å². The van der Waals surface area contributed by atoms with E-state index in [1.54, 1.807) is 0 Å². The molecule has 5 nitrogen and oxygen atoms in total.